The summed E-state index contributed by atoms with van der Waals surface area (Å²) < 4.78 is 0. The Morgan fingerprint density at radius 2 is 1.67 bits per heavy atom. The fourth-order valence-corrected chi connectivity index (χ4v) is 2.54. The minimum absolute atomic E-state index is 0.0309. The molecule has 0 aliphatic heterocycles. The summed E-state index contributed by atoms with van der Waals surface area (Å²) in [4.78, 5) is 23.8. The average molecular weight is 305 g/mol. The molecule has 0 aromatic heterocycles. The van der Waals surface area contributed by atoms with Crippen molar-refractivity contribution >= 4 is 29.1 Å². The number of carbonyl (C=O) groups excluding carboxylic acids is 2. The lowest BCUT2D eigenvalue weighted by atomic mass is 9.89. The third-order valence-corrected chi connectivity index (χ3v) is 3.74. The molecule has 0 heterocycles. The summed E-state index contributed by atoms with van der Waals surface area (Å²) in [6.45, 7) is 0. The Hall–Kier alpha value is -1.95. The predicted octanol–water partition coefficient (Wildman–Crippen LogP) is 1.90. The molecule has 0 unspecified atom stereocenters. The first-order valence-corrected chi connectivity index (χ1v) is 7.54. The van der Waals surface area contributed by atoms with Crippen LogP contribution in [0.3, 0.4) is 0 Å². The fraction of sp³-hybridized carbons (Fsp3) is 0.400. The zero-order valence-electron chi connectivity index (χ0n) is 11.7. The molecule has 1 aromatic rings. The number of rotatable bonds is 2. The van der Waals surface area contributed by atoms with Crippen molar-refractivity contribution in [3.8, 4) is 0 Å². The highest BCUT2D eigenvalue weighted by molar-refractivity contribution is 7.80. The molecule has 2 amide bonds. The number of thiocarbonyl (C=S) groups is 1. The van der Waals surface area contributed by atoms with Crippen molar-refractivity contribution < 1.29 is 9.59 Å². The van der Waals surface area contributed by atoms with Gasteiger partial charge in [0.2, 0.25) is 5.91 Å². The van der Waals surface area contributed by atoms with E-state index >= 15 is 0 Å². The van der Waals surface area contributed by atoms with Gasteiger partial charge in [0.05, 0.1) is 0 Å². The second-order valence-electron chi connectivity index (χ2n) is 5.10. The molecule has 21 heavy (non-hydrogen) atoms. The van der Waals surface area contributed by atoms with Crippen LogP contribution in [-0.2, 0) is 4.79 Å². The molecule has 1 aliphatic rings. The topological polar surface area (TPSA) is 70.2 Å². The Labute approximate surface area is 129 Å². The van der Waals surface area contributed by atoms with Crippen LogP contribution in [0.15, 0.2) is 30.3 Å². The molecule has 112 valence electrons. The molecular weight excluding hydrogens is 286 g/mol. The lowest BCUT2D eigenvalue weighted by Gasteiger charge is -2.21. The van der Waals surface area contributed by atoms with Crippen LogP contribution in [-0.4, -0.2) is 16.9 Å². The molecule has 1 aromatic carbocycles. The van der Waals surface area contributed by atoms with Crippen LogP contribution in [0.1, 0.15) is 42.5 Å². The fourth-order valence-electron chi connectivity index (χ4n) is 2.39. The van der Waals surface area contributed by atoms with E-state index in [0.717, 1.165) is 25.7 Å². The highest BCUT2D eigenvalue weighted by Gasteiger charge is 2.21. The molecule has 6 heteroatoms. The van der Waals surface area contributed by atoms with Gasteiger partial charge in [-0.25, -0.2) is 0 Å². The molecule has 0 saturated heterocycles. The van der Waals surface area contributed by atoms with Crippen molar-refractivity contribution in [3.63, 3.8) is 0 Å². The molecule has 3 N–H and O–H groups in total. The molecule has 0 bridgehead atoms. The number of hydrazine groups is 1. The van der Waals surface area contributed by atoms with E-state index < -0.39 is 0 Å². The second kappa shape index (κ2) is 7.73. The van der Waals surface area contributed by atoms with Crippen LogP contribution < -0.4 is 16.2 Å². The Kier molecular flexibility index (Phi) is 5.68. The quantitative estimate of drug-likeness (QED) is 0.576. The van der Waals surface area contributed by atoms with Crippen molar-refractivity contribution in [1.82, 2.24) is 16.2 Å². The van der Waals surface area contributed by atoms with Crippen LogP contribution in [0, 0.1) is 5.92 Å². The Morgan fingerprint density at radius 3 is 2.33 bits per heavy atom. The van der Waals surface area contributed by atoms with E-state index in [1.165, 1.54) is 6.42 Å². The average Bonchev–Trinajstić information content (AvgIpc) is 2.54. The molecule has 0 radical (unpaired) electrons. The van der Waals surface area contributed by atoms with Crippen LogP contribution in [0.4, 0.5) is 0 Å². The van der Waals surface area contributed by atoms with Crippen LogP contribution >= 0.6 is 12.2 Å². The molecule has 0 atom stereocenters. The van der Waals surface area contributed by atoms with Gasteiger partial charge in [-0.3, -0.25) is 20.4 Å². The number of benzene rings is 1. The van der Waals surface area contributed by atoms with E-state index in [0.29, 0.717) is 5.56 Å². The summed E-state index contributed by atoms with van der Waals surface area (Å²) in [7, 11) is 0. The maximum atomic E-state index is 12.0. The number of nitrogens with one attached hydrogen (secondary N) is 3. The first-order chi connectivity index (χ1) is 10.2. The van der Waals surface area contributed by atoms with E-state index in [1.54, 1.807) is 24.3 Å². The van der Waals surface area contributed by atoms with Gasteiger partial charge < -0.3 is 5.32 Å². The smallest absolute Gasteiger partial charge is 0.269 e. The number of hydrogen-bond donors (Lipinski definition) is 3. The Balaban J connectivity index is 1.74. The first kappa shape index (κ1) is 15.4. The van der Waals surface area contributed by atoms with Gasteiger partial charge in [0, 0.05) is 11.5 Å². The molecule has 0 spiro atoms. The summed E-state index contributed by atoms with van der Waals surface area (Å²) in [5, 5.41) is 2.74. The van der Waals surface area contributed by atoms with Crippen LogP contribution in [0.25, 0.3) is 0 Å². The van der Waals surface area contributed by atoms with E-state index in [1.807, 2.05) is 6.07 Å². The van der Waals surface area contributed by atoms with Gasteiger partial charge in [-0.05, 0) is 37.2 Å². The van der Waals surface area contributed by atoms with Crippen molar-refractivity contribution in [2.75, 3.05) is 0 Å². The minimum atomic E-state index is -0.301. The summed E-state index contributed by atoms with van der Waals surface area (Å²) in [5.41, 5.74) is 5.53. The molecule has 5 nitrogen and oxygen atoms in total. The SMILES string of the molecule is O=C(NNC(=S)NC(=O)C1CCCCC1)c1ccccc1. The van der Waals surface area contributed by atoms with Gasteiger partial charge in [-0.15, -0.1) is 0 Å². The third kappa shape index (κ3) is 4.82. The molecule has 2 rings (SSSR count). The predicted molar refractivity (Wildman–Crippen MR) is 84.4 cm³/mol. The standard InChI is InChI=1S/C15H19N3O2S/c19-13(11-7-3-1-4-8-11)16-15(21)18-17-14(20)12-9-5-2-6-10-12/h2,5-6,9-11H,1,3-4,7-8H2,(H,17,20)(H2,16,18,19,21). The highest BCUT2D eigenvalue weighted by atomic mass is 32.1. The Morgan fingerprint density at radius 1 is 1.00 bits per heavy atom. The number of amides is 2. The second-order valence-corrected chi connectivity index (χ2v) is 5.51. The zero-order valence-corrected chi connectivity index (χ0v) is 12.5. The number of hydrogen-bond acceptors (Lipinski definition) is 3. The van der Waals surface area contributed by atoms with Gasteiger partial charge >= 0.3 is 0 Å². The van der Waals surface area contributed by atoms with Gasteiger partial charge in [-0.1, -0.05) is 37.5 Å². The Bertz CT molecular complexity index is 513. The van der Waals surface area contributed by atoms with Crippen molar-refractivity contribution in [2.45, 2.75) is 32.1 Å². The van der Waals surface area contributed by atoms with Gasteiger partial charge in [0.1, 0.15) is 0 Å². The summed E-state index contributed by atoms with van der Waals surface area (Å²) in [6.07, 6.45) is 5.18. The van der Waals surface area contributed by atoms with Crippen molar-refractivity contribution in [2.24, 2.45) is 5.92 Å². The molecule has 1 aliphatic carbocycles. The van der Waals surface area contributed by atoms with Crippen LogP contribution in [0.2, 0.25) is 0 Å². The van der Waals surface area contributed by atoms with Gasteiger partial charge in [-0.2, -0.15) is 0 Å². The maximum Gasteiger partial charge on any atom is 0.269 e. The lowest BCUT2D eigenvalue weighted by molar-refractivity contribution is -0.124. The maximum absolute atomic E-state index is 12.0. The normalized spacial score (nSPS) is 15.0. The number of carbonyl (C=O) groups is 2. The highest BCUT2D eigenvalue weighted by Crippen LogP contribution is 2.23. The lowest BCUT2D eigenvalue weighted by Crippen LogP contribution is -2.49. The van der Waals surface area contributed by atoms with Crippen molar-refractivity contribution in [3.05, 3.63) is 35.9 Å². The molecular formula is C15H19N3O2S. The first-order valence-electron chi connectivity index (χ1n) is 7.13. The van der Waals surface area contributed by atoms with E-state index in [-0.39, 0.29) is 22.8 Å². The minimum Gasteiger partial charge on any atom is -0.302 e. The van der Waals surface area contributed by atoms with Gasteiger partial charge in [0.25, 0.3) is 5.91 Å². The molecule has 1 saturated carbocycles. The summed E-state index contributed by atoms with van der Waals surface area (Å²) in [6, 6.07) is 8.77. The van der Waals surface area contributed by atoms with Crippen LogP contribution in [0.5, 0.6) is 0 Å². The van der Waals surface area contributed by atoms with E-state index in [2.05, 4.69) is 16.2 Å². The monoisotopic (exact) mass is 305 g/mol. The summed E-state index contributed by atoms with van der Waals surface area (Å²) >= 11 is 5.01. The zero-order chi connectivity index (χ0) is 15.1. The molecule has 1 fully saturated rings. The summed E-state index contributed by atoms with van der Waals surface area (Å²) in [5.74, 6) is -0.339. The third-order valence-electron chi connectivity index (χ3n) is 3.54. The van der Waals surface area contributed by atoms with Crippen molar-refractivity contribution in [1.29, 1.82) is 0 Å². The van der Waals surface area contributed by atoms with Gasteiger partial charge in [0.15, 0.2) is 5.11 Å². The van der Waals surface area contributed by atoms with E-state index in [4.69, 9.17) is 12.2 Å². The largest absolute Gasteiger partial charge is 0.302 e. The van der Waals surface area contributed by atoms with E-state index in [9.17, 15) is 9.59 Å².